The molecule has 0 aromatic heterocycles. The number of rotatable bonds is 2. The molecule has 0 spiro atoms. The molecule has 0 N–H and O–H groups in total. The highest BCUT2D eigenvalue weighted by Gasteiger charge is 2.29. The number of hydrogen-bond acceptors (Lipinski definition) is 0. The van der Waals surface area contributed by atoms with Gasteiger partial charge in [-0.2, -0.15) is 13.2 Å². The molecule has 0 radical (unpaired) electrons. The van der Waals surface area contributed by atoms with E-state index in [-0.39, 0.29) is 0 Å². The smallest absolute Gasteiger partial charge is 0.166 e. The summed E-state index contributed by atoms with van der Waals surface area (Å²) in [7, 11) is 0. The van der Waals surface area contributed by atoms with Crippen LogP contribution >= 0.6 is 0 Å². The van der Waals surface area contributed by atoms with Gasteiger partial charge in [0, 0.05) is 5.57 Å². The van der Waals surface area contributed by atoms with Gasteiger partial charge in [-0.05, 0) is 13.8 Å². The van der Waals surface area contributed by atoms with E-state index in [0.717, 1.165) is 13.0 Å². The lowest BCUT2D eigenvalue weighted by atomic mass is 10.2. The second kappa shape index (κ2) is 4.14. The Morgan fingerprint density at radius 1 is 1.17 bits per heavy atom. The fourth-order valence-corrected chi connectivity index (χ4v) is 0.419. The largest absolute Gasteiger partial charge is 0.412 e. The SMILES string of the molecule is C=C/C(C)=C\C=C(/C)C(F)(F)F. The lowest BCUT2D eigenvalue weighted by Crippen LogP contribution is -2.08. The van der Waals surface area contributed by atoms with Gasteiger partial charge >= 0.3 is 6.18 Å². The third-order valence-electron chi connectivity index (χ3n) is 1.37. The van der Waals surface area contributed by atoms with E-state index < -0.39 is 11.7 Å². The van der Waals surface area contributed by atoms with Crippen LogP contribution in [-0.2, 0) is 0 Å². The molecule has 0 unspecified atom stereocenters. The van der Waals surface area contributed by atoms with Crippen LogP contribution in [0.3, 0.4) is 0 Å². The minimum absolute atomic E-state index is 0.608. The van der Waals surface area contributed by atoms with Gasteiger partial charge in [0.15, 0.2) is 0 Å². The topological polar surface area (TPSA) is 0 Å². The van der Waals surface area contributed by atoms with E-state index in [2.05, 4.69) is 6.58 Å². The normalized spacial score (nSPS) is 14.8. The zero-order chi connectivity index (χ0) is 9.78. The first-order chi connectivity index (χ1) is 5.38. The van der Waals surface area contributed by atoms with Crippen LogP contribution in [-0.4, -0.2) is 6.18 Å². The highest BCUT2D eigenvalue weighted by atomic mass is 19.4. The van der Waals surface area contributed by atoms with Crippen LogP contribution < -0.4 is 0 Å². The van der Waals surface area contributed by atoms with E-state index in [9.17, 15) is 13.2 Å². The van der Waals surface area contributed by atoms with Gasteiger partial charge in [-0.25, -0.2) is 0 Å². The summed E-state index contributed by atoms with van der Waals surface area (Å²) >= 11 is 0. The summed E-state index contributed by atoms with van der Waals surface area (Å²) in [6.45, 7) is 6.14. The summed E-state index contributed by atoms with van der Waals surface area (Å²) in [6, 6.07) is 0. The van der Waals surface area contributed by atoms with Gasteiger partial charge in [0.05, 0.1) is 0 Å². The molecule has 0 saturated heterocycles. The quantitative estimate of drug-likeness (QED) is 0.563. The standard InChI is InChI=1S/C9H11F3/c1-4-7(2)5-6-8(3)9(10,11)12/h4-6H,1H2,2-3H3/b7-5-,8-6+. The minimum Gasteiger partial charge on any atom is -0.166 e. The number of alkyl halides is 3. The summed E-state index contributed by atoms with van der Waals surface area (Å²) in [5, 5.41) is 0. The van der Waals surface area contributed by atoms with E-state index in [4.69, 9.17) is 0 Å². The maximum atomic E-state index is 11.9. The minimum atomic E-state index is -4.22. The molecule has 0 aliphatic heterocycles. The molecular weight excluding hydrogens is 165 g/mol. The molecule has 0 bridgehead atoms. The number of hydrogen-bond donors (Lipinski definition) is 0. The van der Waals surface area contributed by atoms with Crippen molar-refractivity contribution in [3.63, 3.8) is 0 Å². The average Bonchev–Trinajstić information content (AvgIpc) is 1.97. The van der Waals surface area contributed by atoms with Crippen LogP contribution in [0, 0.1) is 0 Å². The highest BCUT2D eigenvalue weighted by molar-refractivity contribution is 5.23. The molecule has 0 heterocycles. The molecule has 0 aromatic carbocycles. The van der Waals surface area contributed by atoms with Crippen molar-refractivity contribution in [1.29, 1.82) is 0 Å². The summed E-state index contributed by atoms with van der Waals surface area (Å²) < 4.78 is 35.6. The maximum Gasteiger partial charge on any atom is 0.412 e. The van der Waals surface area contributed by atoms with Gasteiger partial charge in [-0.15, -0.1) is 0 Å². The molecule has 0 amide bonds. The van der Waals surface area contributed by atoms with E-state index in [1.54, 1.807) is 6.92 Å². The van der Waals surface area contributed by atoms with Crippen LogP contribution in [0.25, 0.3) is 0 Å². The predicted octanol–water partition coefficient (Wildman–Crippen LogP) is 3.63. The van der Waals surface area contributed by atoms with Gasteiger partial charge in [-0.1, -0.05) is 30.4 Å². The van der Waals surface area contributed by atoms with E-state index >= 15 is 0 Å². The van der Waals surface area contributed by atoms with Crippen molar-refractivity contribution in [2.24, 2.45) is 0 Å². The molecule has 0 atom stereocenters. The van der Waals surface area contributed by atoms with Crippen molar-refractivity contribution in [1.82, 2.24) is 0 Å². The molecule has 0 aromatic rings. The van der Waals surface area contributed by atoms with Crippen LogP contribution in [0.15, 0.2) is 36.0 Å². The maximum absolute atomic E-state index is 11.9. The zero-order valence-corrected chi connectivity index (χ0v) is 7.07. The predicted molar refractivity (Wildman–Crippen MR) is 43.8 cm³/mol. The van der Waals surface area contributed by atoms with Crippen molar-refractivity contribution in [2.45, 2.75) is 20.0 Å². The van der Waals surface area contributed by atoms with E-state index in [1.807, 2.05) is 0 Å². The van der Waals surface area contributed by atoms with Gasteiger partial charge in [0.25, 0.3) is 0 Å². The molecule has 3 heteroatoms. The van der Waals surface area contributed by atoms with Crippen molar-refractivity contribution < 1.29 is 13.2 Å². The van der Waals surface area contributed by atoms with Gasteiger partial charge in [0.2, 0.25) is 0 Å². The molecule has 68 valence electrons. The van der Waals surface area contributed by atoms with E-state index in [0.29, 0.717) is 5.57 Å². The third-order valence-corrected chi connectivity index (χ3v) is 1.37. The monoisotopic (exact) mass is 176 g/mol. The second-order valence-corrected chi connectivity index (χ2v) is 2.46. The Balaban J connectivity index is 4.49. The third kappa shape index (κ3) is 4.01. The summed E-state index contributed by atoms with van der Waals surface area (Å²) in [5.74, 6) is 0. The van der Waals surface area contributed by atoms with Gasteiger partial charge < -0.3 is 0 Å². The Hall–Kier alpha value is -0.990. The van der Waals surface area contributed by atoms with Crippen LogP contribution in [0.5, 0.6) is 0 Å². The molecule has 0 fully saturated rings. The Bertz CT molecular complexity index is 218. The lowest BCUT2D eigenvalue weighted by molar-refractivity contribution is -0.0912. The van der Waals surface area contributed by atoms with E-state index in [1.165, 1.54) is 12.2 Å². The molecule has 0 nitrogen and oxygen atoms in total. The first-order valence-corrected chi connectivity index (χ1v) is 3.42. The molecule has 0 aliphatic carbocycles. The van der Waals surface area contributed by atoms with Crippen molar-refractivity contribution >= 4 is 0 Å². The first-order valence-electron chi connectivity index (χ1n) is 3.42. The lowest BCUT2D eigenvalue weighted by Gasteiger charge is -2.04. The van der Waals surface area contributed by atoms with Crippen LogP contribution in [0.2, 0.25) is 0 Å². The Morgan fingerprint density at radius 3 is 2.00 bits per heavy atom. The molecule has 0 rings (SSSR count). The van der Waals surface area contributed by atoms with Crippen LogP contribution in [0.1, 0.15) is 13.8 Å². The molecule has 0 saturated carbocycles. The highest BCUT2D eigenvalue weighted by Crippen LogP contribution is 2.24. The summed E-state index contributed by atoms with van der Waals surface area (Å²) in [5.41, 5.74) is 0.0994. The Labute approximate surface area is 70.1 Å². The molecule has 12 heavy (non-hydrogen) atoms. The summed E-state index contributed by atoms with van der Waals surface area (Å²) in [4.78, 5) is 0. The fourth-order valence-electron chi connectivity index (χ4n) is 0.419. The van der Waals surface area contributed by atoms with Crippen molar-refractivity contribution in [3.8, 4) is 0 Å². The van der Waals surface area contributed by atoms with Crippen molar-refractivity contribution in [3.05, 3.63) is 36.0 Å². The summed E-state index contributed by atoms with van der Waals surface area (Å²) in [6.07, 6.45) is -0.301. The first kappa shape index (κ1) is 11.0. The number of allylic oxidation sites excluding steroid dienone is 5. The van der Waals surface area contributed by atoms with Crippen molar-refractivity contribution in [2.75, 3.05) is 0 Å². The Kier molecular flexibility index (Phi) is 3.80. The Morgan fingerprint density at radius 2 is 1.67 bits per heavy atom. The van der Waals surface area contributed by atoms with Gasteiger partial charge in [0.1, 0.15) is 0 Å². The molecule has 0 aliphatic rings. The molecular formula is C9H11F3. The van der Waals surface area contributed by atoms with Gasteiger partial charge in [-0.3, -0.25) is 0 Å². The fraction of sp³-hybridized carbons (Fsp3) is 0.333. The second-order valence-electron chi connectivity index (χ2n) is 2.46. The van der Waals surface area contributed by atoms with Crippen LogP contribution in [0.4, 0.5) is 13.2 Å². The average molecular weight is 176 g/mol. The number of halogens is 3. The zero-order valence-electron chi connectivity index (χ0n) is 7.07.